The Morgan fingerprint density at radius 2 is 1.83 bits per heavy atom. The summed E-state index contributed by atoms with van der Waals surface area (Å²) in [6.45, 7) is 6.95. The second-order valence-electron chi connectivity index (χ2n) is 7.73. The third-order valence-electron chi connectivity index (χ3n) is 5.01. The molecule has 2 heterocycles. The van der Waals surface area contributed by atoms with Gasteiger partial charge in [-0.2, -0.15) is 16.1 Å². The number of anilines is 1. The van der Waals surface area contributed by atoms with Gasteiger partial charge in [-0.25, -0.2) is 8.42 Å². The van der Waals surface area contributed by atoms with Crippen molar-refractivity contribution < 1.29 is 17.9 Å². The zero-order chi connectivity index (χ0) is 20.9. The molecule has 0 saturated carbocycles. The van der Waals surface area contributed by atoms with Crippen molar-refractivity contribution in [1.29, 1.82) is 0 Å². The Morgan fingerprint density at radius 1 is 1.14 bits per heavy atom. The van der Waals surface area contributed by atoms with Crippen LogP contribution in [0.25, 0.3) is 0 Å². The summed E-state index contributed by atoms with van der Waals surface area (Å²) in [6.07, 6.45) is 2.73. The number of hydrogen-bond acceptors (Lipinski definition) is 6. The summed E-state index contributed by atoms with van der Waals surface area (Å²) in [5.74, 6) is 2.38. The number of piperidine rings is 1. The minimum atomic E-state index is -3.58. The summed E-state index contributed by atoms with van der Waals surface area (Å²) in [4.78, 5) is 14.9. The Labute approximate surface area is 178 Å². The molecule has 1 aromatic carbocycles. The lowest BCUT2D eigenvalue weighted by molar-refractivity contribution is -0.117. The summed E-state index contributed by atoms with van der Waals surface area (Å²) in [6, 6.07) is 4.74. The Balaban J connectivity index is 1.80. The smallest absolute Gasteiger partial charge is 0.243 e. The summed E-state index contributed by atoms with van der Waals surface area (Å²) in [5, 5.41) is 2.88. The van der Waals surface area contributed by atoms with Crippen LogP contribution in [0, 0.1) is 0 Å². The normalized spacial score (nSPS) is 19.3. The third kappa shape index (κ3) is 6.10. The van der Waals surface area contributed by atoms with Crippen LogP contribution in [0.15, 0.2) is 23.1 Å². The number of nitrogens with zero attached hydrogens (tertiary/aromatic N) is 2. The number of amides is 1. The van der Waals surface area contributed by atoms with E-state index >= 15 is 0 Å². The maximum atomic E-state index is 13.0. The van der Waals surface area contributed by atoms with Gasteiger partial charge < -0.3 is 10.1 Å². The molecular formula is C20H31N3O4S2. The van der Waals surface area contributed by atoms with Gasteiger partial charge in [0.15, 0.2) is 0 Å². The van der Waals surface area contributed by atoms with E-state index in [1.807, 2.05) is 25.6 Å². The van der Waals surface area contributed by atoms with Crippen molar-refractivity contribution in [1.82, 2.24) is 9.21 Å². The minimum Gasteiger partial charge on any atom is -0.489 e. The van der Waals surface area contributed by atoms with Crippen molar-refractivity contribution in [3.63, 3.8) is 0 Å². The van der Waals surface area contributed by atoms with Crippen molar-refractivity contribution in [2.24, 2.45) is 0 Å². The predicted octanol–water partition coefficient (Wildman–Crippen LogP) is 2.64. The Kier molecular flexibility index (Phi) is 7.84. The van der Waals surface area contributed by atoms with E-state index < -0.39 is 10.0 Å². The summed E-state index contributed by atoms with van der Waals surface area (Å²) in [7, 11) is -3.58. The number of nitrogens with one attached hydrogen (secondary N) is 1. The number of rotatable bonds is 7. The average Bonchev–Trinajstić information content (AvgIpc) is 2.70. The van der Waals surface area contributed by atoms with E-state index in [1.54, 1.807) is 12.1 Å². The molecule has 162 valence electrons. The fourth-order valence-electron chi connectivity index (χ4n) is 3.53. The molecule has 2 aliphatic rings. The highest BCUT2D eigenvalue weighted by molar-refractivity contribution is 7.99. The largest absolute Gasteiger partial charge is 0.489 e. The van der Waals surface area contributed by atoms with Crippen LogP contribution in [-0.4, -0.2) is 73.9 Å². The third-order valence-corrected chi connectivity index (χ3v) is 7.85. The van der Waals surface area contributed by atoms with Crippen LogP contribution in [0.2, 0.25) is 0 Å². The molecule has 3 rings (SSSR count). The summed E-state index contributed by atoms with van der Waals surface area (Å²) < 4.78 is 33.4. The molecule has 1 amide bonds. The van der Waals surface area contributed by atoms with E-state index in [1.165, 1.54) is 10.4 Å². The molecule has 0 spiro atoms. The van der Waals surface area contributed by atoms with Crippen molar-refractivity contribution >= 4 is 33.4 Å². The van der Waals surface area contributed by atoms with Crippen molar-refractivity contribution in [3.05, 3.63) is 18.2 Å². The van der Waals surface area contributed by atoms with E-state index in [0.717, 1.165) is 43.9 Å². The van der Waals surface area contributed by atoms with Gasteiger partial charge in [0.25, 0.3) is 0 Å². The van der Waals surface area contributed by atoms with Gasteiger partial charge in [0.2, 0.25) is 15.9 Å². The van der Waals surface area contributed by atoms with Gasteiger partial charge >= 0.3 is 0 Å². The standard InChI is InChI=1S/C20H31N3O4S2/c1-16(2)27-19-7-6-17(29(25,26)23-8-4-3-5-9-23)14-18(19)21-20(24)15-22-10-12-28-13-11-22/h6-7,14,16H,3-5,8-13,15H2,1-2H3,(H,21,24). The lowest BCUT2D eigenvalue weighted by Crippen LogP contribution is -2.38. The molecular weight excluding hydrogens is 410 g/mol. The van der Waals surface area contributed by atoms with Crippen LogP contribution in [0.3, 0.4) is 0 Å². The van der Waals surface area contributed by atoms with Crippen molar-refractivity contribution in [2.75, 3.05) is 49.5 Å². The first-order chi connectivity index (χ1) is 13.9. The number of ether oxygens (including phenoxy) is 1. The molecule has 2 fully saturated rings. The fourth-order valence-corrected chi connectivity index (χ4v) is 6.05. The number of benzene rings is 1. The topological polar surface area (TPSA) is 79.0 Å². The molecule has 0 aromatic heterocycles. The van der Waals surface area contributed by atoms with Crippen LogP contribution < -0.4 is 10.1 Å². The number of hydrogen-bond donors (Lipinski definition) is 1. The number of thioether (sulfide) groups is 1. The zero-order valence-corrected chi connectivity index (χ0v) is 18.9. The lowest BCUT2D eigenvalue weighted by atomic mass is 10.2. The first-order valence-electron chi connectivity index (χ1n) is 10.3. The van der Waals surface area contributed by atoms with Gasteiger partial charge in [-0.05, 0) is 44.9 Å². The van der Waals surface area contributed by atoms with Gasteiger partial charge in [-0.3, -0.25) is 9.69 Å². The van der Waals surface area contributed by atoms with E-state index in [-0.39, 0.29) is 16.9 Å². The number of carbonyl (C=O) groups excluding carboxylic acids is 1. The lowest BCUT2D eigenvalue weighted by Gasteiger charge is -2.27. The fraction of sp³-hybridized carbons (Fsp3) is 0.650. The van der Waals surface area contributed by atoms with Crippen molar-refractivity contribution in [3.8, 4) is 5.75 Å². The quantitative estimate of drug-likeness (QED) is 0.701. The minimum absolute atomic E-state index is 0.0886. The highest BCUT2D eigenvalue weighted by Crippen LogP contribution is 2.31. The van der Waals surface area contributed by atoms with E-state index in [2.05, 4.69) is 10.2 Å². The molecule has 7 nitrogen and oxygen atoms in total. The van der Waals surface area contributed by atoms with Crippen LogP contribution in [0.1, 0.15) is 33.1 Å². The Hall–Kier alpha value is -1.29. The molecule has 1 N–H and O–H groups in total. The molecule has 0 radical (unpaired) electrons. The number of carbonyl (C=O) groups is 1. The zero-order valence-electron chi connectivity index (χ0n) is 17.2. The highest BCUT2D eigenvalue weighted by atomic mass is 32.2. The predicted molar refractivity (Wildman–Crippen MR) is 117 cm³/mol. The maximum Gasteiger partial charge on any atom is 0.243 e. The van der Waals surface area contributed by atoms with E-state index in [0.29, 0.717) is 31.1 Å². The summed E-state index contributed by atoms with van der Waals surface area (Å²) in [5.41, 5.74) is 0.410. The van der Waals surface area contributed by atoms with Crippen LogP contribution in [-0.2, 0) is 14.8 Å². The van der Waals surface area contributed by atoms with Gasteiger partial charge in [-0.15, -0.1) is 0 Å². The first kappa shape index (κ1) is 22.4. The maximum absolute atomic E-state index is 13.0. The second kappa shape index (κ2) is 10.1. The van der Waals surface area contributed by atoms with E-state index in [4.69, 9.17) is 4.74 Å². The molecule has 0 unspecified atom stereocenters. The number of sulfonamides is 1. The van der Waals surface area contributed by atoms with Crippen LogP contribution in [0.4, 0.5) is 5.69 Å². The molecule has 0 bridgehead atoms. The summed E-state index contributed by atoms with van der Waals surface area (Å²) >= 11 is 1.89. The molecule has 2 saturated heterocycles. The van der Waals surface area contributed by atoms with Gasteiger partial charge in [-0.1, -0.05) is 6.42 Å². The highest BCUT2D eigenvalue weighted by Gasteiger charge is 2.27. The van der Waals surface area contributed by atoms with Crippen molar-refractivity contribution in [2.45, 2.75) is 44.1 Å². The Bertz CT molecular complexity index is 802. The average molecular weight is 442 g/mol. The van der Waals surface area contributed by atoms with Gasteiger partial charge in [0.1, 0.15) is 5.75 Å². The monoisotopic (exact) mass is 441 g/mol. The van der Waals surface area contributed by atoms with Crippen LogP contribution >= 0.6 is 11.8 Å². The molecule has 9 heteroatoms. The molecule has 0 atom stereocenters. The van der Waals surface area contributed by atoms with E-state index in [9.17, 15) is 13.2 Å². The van der Waals surface area contributed by atoms with Gasteiger partial charge in [0.05, 0.1) is 23.2 Å². The van der Waals surface area contributed by atoms with Gasteiger partial charge in [0, 0.05) is 37.7 Å². The molecule has 1 aromatic rings. The van der Waals surface area contributed by atoms with Crippen LogP contribution in [0.5, 0.6) is 5.75 Å². The molecule has 29 heavy (non-hydrogen) atoms. The SMILES string of the molecule is CC(C)Oc1ccc(S(=O)(=O)N2CCCCC2)cc1NC(=O)CN1CCSCC1. The molecule has 2 aliphatic heterocycles. The second-order valence-corrected chi connectivity index (χ2v) is 10.9. The first-order valence-corrected chi connectivity index (χ1v) is 12.9. The Morgan fingerprint density at radius 3 is 2.48 bits per heavy atom. The molecule has 0 aliphatic carbocycles.